The Bertz CT molecular complexity index is 1030. The van der Waals surface area contributed by atoms with Gasteiger partial charge in [0.15, 0.2) is 11.3 Å². The first-order valence-electron chi connectivity index (χ1n) is 8.03. The molecule has 2 aromatic carbocycles. The fourth-order valence-corrected chi connectivity index (χ4v) is 3.47. The second kappa shape index (κ2) is 6.76. The van der Waals surface area contributed by atoms with E-state index in [0.717, 1.165) is 10.8 Å². The van der Waals surface area contributed by atoms with Crippen LogP contribution < -0.4 is 15.9 Å². The van der Waals surface area contributed by atoms with Crippen molar-refractivity contribution in [3.8, 4) is 0 Å². The number of halogens is 1. The molecule has 0 spiro atoms. The summed E-state index contributed by atoms with van der Waals surface area (Å²) in [5.41, 5.74) is 1.19. The van der Waals surface area contributed by atoms with Crippen molar-refractivity contribution < 1.29 is 9.18 Å². The molecule has 1 amide bonds. The van der Waals surface area contributed by atoms with Crippen LogP contribution in [0.15, 0.2) is 71.3 Å². The first kappa shape index (κ1) is 16.5. The van der Waals surface area contributed by atoms with Gasteiger partial charge in [-0.05, 0) is 23.8 Å². The maximum Gasteiger partial charge on any atom is 0.276 e. The fraction of sp³-hybridized carbons (Fsp3) is 0.105. The van der Waals surface area contributed by atoms with Gasteiger partial charge in [-0.25, -0.2) is 9.40 Å². The molecule has 2 heterocycles. The summed E-state index contributed by atoms with van der Waals surface area (Å²) >= 11 is 1.38. The molecule has 26 heavy (non-hydrogen) atoms. The smallest absolute Gasteiger partial charge is 0.276 e. The van der Waals surface area contributed by atoms with Crippen molar-refractivity contribution in [1.82, 2.24) is 10.3 Å². The van der Waals surface area contributed by atoms with E-state index in [1.165, 1.54) is 23.9 Å². The lowest BCUT2D eigenvalue weighted by Gasteiger charge is -2.34. The Hall–Kier alpha value is -2.93. The minimum absolute atomic E-state index is 0.235. The molecule has 0 aliphatic carbocycles. The molecule has 0 unspecified atom stereocenters. The van der Waals surface area contributed by atoms with Gasteiger partial charge in [-0.1, -0.05) is 48.2 Å². The van der Waals surface area contributed by atoms with Gasteiger partial charge in [0, 0.05) is 11.0 Å². The number of fused-ring (bicyclic) bond motifs is 2. The first-order chi connectivity index (χ1) is 12.7. The molecule has 2 aromatic rings. The molecule has 0 saturated carbocycles. The Labute approximate surface area is 153 Å². The van der Waals surface area contributed by atoms with E-state index in [-0.39, 0.29) is 11.7 Å². The summed E-state index contributed by atoms with van der Waals surface area (Å²) < 4.78 is 13.3. The van der Waals surface area contributed by atoms with Crippen LogP contribution >= 0.6 is 11.8 Å². The number of para-hydroxylation sites is 1. The predicted molar refractivity (Wildman–Crippen MR) is 99.8 cm³/mol. The normalized spacial score (nSPS) is 18.3. The van der Waals surface area contributed by atoms with Crippen LogP contribution in [0.3, 0.4) is 0 Å². The monoisotopic (exact) mass is 366 g/mol. The molecule has 4 rings (SSSR count). The number of hydrazone groups is 1. The minimum atomic E-state index is -0.536. The zero-order valence-electron chi connectivity index (χ0n) is 13.7. The van der Waals surface area contributed by atoms with E-state index in [9.17, 15) is 9.18 Å². The quantitative estimate of drug-likeness (QED) is 0.844. The highest BCUT2D eigenvalue weighted by atomic mass is 32.2. The van der Waals surface area contributed by atoms with Gasteiger partial charge >= 0.3 is 0 Å². The number of hydrogen-bond donors (Lipinski definition) is 1. The summed E-state index contributed by atoms with van der Waals surface area (Å²) in [4.78, 5) is 17.5. The van der Waals surface area contributed by atoms with Crippen LogP contribution in [-0.4, -0.2) is 21.8 Å². The molecule has 0 bridgehead atoms. The Morgan fingerprint density at radius 2 is 2.00 bits per heavy atom. The highest BCUT2D eigenvalue weighted by molar-refractivity contribution is 8.14. The molecule has 0 saturated heterocycles. The molecule has 5 nitrogen and oxygen atoms in total. The van der Waals surface area contributed by atoms with Crippen LogP contribution in [0.2, 0.25) is 0 Å². The third kappa shape index (κ3) is 2.90. The molecule has 1 atom stereocenters. The first-order valence-corrected chi connectivity index (χ1v) is 9.01. The molecular weight excluding hydrogens is 351 g/mol. The van der Waals surface area contributed by atoms with Crippen LogP contribution in [0.5, 0.6) is 0 Å². The van der Waals surface area contributed by atoms with Gasteiger partial charge in [0.25, 0.3) is 5.91 Å². The summed E-state index contributed by atoms with van der Waals surface area (Å²) in [6.07, 6.45) is 1.21. The van der Waals surface area contributed by atoms with Crippen molar-refractivity contribution in [2.45, 2.75) is 6.17 Å². The van der Waals surface area contributed by atoms with Crippen LogP contribution in [-0.2, 0) is 4.79 Å². The van der Waals surface area contributed by atoms with Crippen LogP contribution in [0.1, 0.15) is 11.7 Å². The van der Waals surface area contributed by atoms with Gasteiger partial charge in [-0.3, -0.25) is 15.1 Å². The summed E-state index contributed by atoms with van der Waals surface area (Å²) in [6, 6.07) is 13.5. The molecule has 7 heteroatoms. The predicted octanol–water partition coefficient (Wildman–Crippen LogP) is 1.89. The Morgan fingerprint density at radius 3 is 2.77 bits per heavy atom. The topological polar surface area (TPSA) is 57.1 Å². The summed E-state index contributed by atoms with van der Waals surface area (Å²) in [5, 5.41) is 10.9. The summed E-state index contributed by atoms with van der Waals surface area (Å²) in [7, 11) is 0. The van der Waals surface area contributed by atoms with Crippen LogP contribution in [0, 0.1) is 5.82 Å². The SMILES string of the molecule is C=CCSC1=NN2C(=c3ccccc3=N[C@@H]2c2ccc(F)cc2)C(=O)N1. The van der Waals surface area contributed by atoms with Crippen LogP contribution in [0.4, 0.5) is 4.39 Å². The highest BCUT2D eigenvalue weighted by Gasteiger charge is 2.34. The maximum atomic E-state index is 13.3. The number of carbonyl (C=O) groups is 1. The Kier molecular flexibility index (Phi) is 4.30. The van der Waals surface area contributed by atoms with E-state index in [2.05, 4.69) is 17.0 Å². The van der Waals surface area contributed by atoms with E-state index >= 15 is 0 Å². The third-order valence-corrected chi connectivity index (χ3v) is 4.88. The van der Waals surface area contributed by atoms with E-state index in [1.807, 2.05) is 24.3 Å². The lowest BCUT2D eigenvalue weighted by Crippen LogP contribution is -2.50. The van der Waals surface area contributed by atoms with Crippen molar-refractivity contribution >= 4 is 28.5 Å². The van der Waals surface area contributed by atoms with Crippen molar-refractivity contribution in [3.05, 3.63) is 83.1 Å². The zero-order chi connectivity index (χ0) is 18.1. The number of hydrogen-bond acceptors (Lipinski definition) is 5. The number of nitrogens with zero attached hydrogens (tertiary/aromatic N) is 3. The second-order valence-electron chi connectivity index (χ2n) is 5.72. The minimum Gasteiger partial charge on any atom is -0.298 e. The summed E-state index contributed by atoms with van der Waals surface area (Å²) in [5.74, 6) is 0.0642. The van der Waals surface area contributed by atoms with E-state index in [1.54, 1.807) is 23.2 Å². The lowest BCUT2D eigenvalue weighted by atomic mass is 10.1. The number of benzene rings is 2. The average Bonchev–Trinajstić information content (AvgIpc) is 2.66. The van der Waals surface area contributed by atoms with Gasteiger partial charge in [0.05, 0.1) is 5.36 Å². The largest absolute Gasteiger partial charge is 0.298 e. The van der Waals surface area contributed by atoms with Gasteiger partial charge in [-0.2, -0.15) is 0 Å². The number of carbonyl (C=O) groups excluding carboxylic acids is 1. The molecule has 2 aliphatic heterocycles. The number of thioether (sulfide) groups is 1. The van der Waals surface area contributed by atoms with E-state index in [0.29, 0.717) is 22.0 Å². The molecular formula is C19H15FN4OS. The average molecular weight is 366 g/mol. The summed E-state index contributed by atoms with van der Waals surface area (Å²) in [6.45, 7) is 3.68. The molecule has 130 valence electrons. The number of rotatable bonds is 3. The second-order valence-corrected chi connectivity index (χ2v) is 6.73. The van der Waals surface area contributed by atoms with E-state index in [4.69, 9.17) is 4.99 Å². The molecule has 0 radical (unpaired) electrons. The Balaban J connectivity index is 1.90. The number of amides is 1. The van der Waals surface area contributed by atoms with Gasteiger partial charge < -0.3 is 0 Å². The highest BCUT2D eigenvalue weighted by Crippen LogP contribution is 2.30. The van der Waals surface area contributed by atoms with Crippen molar-refractivity contribution in [1.29, 1.82) is 0 Å². The molecule has 1 N–H and O–H groups in total. The third-order valence-electron chi connectivity index (χ3n) is 4.02. The van der Waals surface area contributed by atoms with Crippen molar-refractivity contribution in [2.24, 2.45) is 10.1 Å². The zero-order valence-corrected chi connectivity index (χ0v) is 14.5. The van der Waals surface area contributed by atoms with Crippen LogP contribution in [0.25, 0.3) is 5.70 Å². The van der Waals surface area contributed by atoms with Gasteiger partial charge in [0.2, 0.25) is 0 Å². The van der Waals surface area contributed by atoms with E-state index < -0.39 is 6.17 Å². The molecule has 2 aliphatic rings. The van der Waals surface area contributed by atoms with Gasteiger partial charge in [-0.15, -0.1) is 11.7 Å². The maximum absolute atomic E-state index is 13.3. The van der Waals surface area contributed by atoms with Crippen molar-refractivity contribution in [3.63, 3.8) is 0 Å². The molecule has 0 fully saturated rings. The molecule has 0 aromatic heterocycles. The number of nitrogens with one attached hydrogen (secondary N) is 1. The Morgan fingerprint density at radius 1 is 1.23 bits per heavy atom. The standard InChI is InChI=1S/C19H15FN4OS/c1-2-11-26-19-22-18(25)16-14-5-3-4-6-15(14)21-17(24(16)23-19)12-7-9-13(20)10-8-12/h2-10,17H,1,11H2,(H,22,23,25)/t17-/m0/s1. The lowest BCUT2D eigenvalue weighted by molar-refractivity contribution is -0.116. The fourth-order valence-electron chi connectivity index (χ4n) is 2.88. The number of amidine groups is 1. The van der Waals surface area contributed by atoms with Gasteiger partial charge in [0.1, 0.15) is 11.5 Å². The van der Waals surface area contributed by atoms with Crippen molar-refractivity contribution in [2.75, 3.05) is 5.75 Å².